The SMILES string of the molecule is CCCN(C=O)C(C)(C(=O)O)c1ccc(S(C)(=O)=O)cc1. The summed E-state index contributed by atoms with van der Waals surface area (Å²) in [5.74, 6) is -1.17. The molecule has 21 heavy (non-hydrogen) atoms. The summed E-state index contributed by atoms with van der Waals surface area (Å²) in [4.78, 5) is 24.2. The van der Waals surface area contributed by atoms with Crippen LogP contribution in [-0.4, -0.2) is 43.6 Å². The Labute approximate surface area is 124 Å². The quantitative estimate of drug-likeness (QED) is 0.765. The highest BCUT2D eigenvalue weighted by molar-refractivity contribution is 7.90. The average molecular weight is 313 g/mol. The third kappa shape index (κ3) is 3.41. The maximum Gasteiger partial charge on any atom is 0.334 e. The van der Waals surface area contributed by atoms with Crippen LogP contribution in [0.15, 0.2) is 29.2 Å². The number of carboxylic acids is 1. The number of carbonyl (C=O) groups is 2. The van der Waals surface area contributed by atoms with E-state index in [-0.39, 0.29) is 4.90 Å². The van der Waals surface area contributed by atoms with Crippen LogP contribution in [0.3, 0.4) is 0 Å². The molecule has 0 bridgehead atoms. The molecular weight excluding hydrogens is 294 g/mol. The van der Waals surface area contributed by atoms with Gasteiger partial charge in [-0.15, -0.1) is 0 Å². The Kier molecular flexibility index (Phi) is 5.11. The van der Waals surface area contributed by atoms with E-state index < -0.39 is 21.3 Å². The minimum atomic E-state index is -3.35. The number of benzene rings is 1. The molecule has 7 heteroatoms. The van der Waals surface area contributed by atoms with Crippen molar-refractivity contribution in [3.8, 4) is 0 Å². The van der Waals surface area contributed by atoms with Crippen LogP contribution in [0.5, 0.6) is 0 Å². The van der Waals surface area contributed by atoms with E-state index in [4.69, 9.17) is 0 Å². The second-order valence-electron chi connectivity index (χ2n) is 4.97. The number of sulfone groups is 1. The molecule has 1 unspecified atom stereocenters. The summed E-state index contributed by atoms with van der Waals surface area (Å²) < 4.78 is 22.9. The first kappa shape index (κ1) is 17.2. The van der Waals surface area contributed by atoms with Gasteiger partial charge in [0, 0.05) is 12.8 Å². The van der Waals surface area contributed by atoms with Gasteiger partial charge in [0.2, 0.25) is 6.41 Å². The van der Waals surface area contributed by atoms with Crippen LogP contribution in [0.4, 0.5) is 0 Å². The summed E-state index contributed by atoms with van der Waals surface area (Å²) in [5.41, 5.74) is -1.18. The largest absolute Gasteiger partial charge is 0.479 e. The third-order valence-corrected chi connectivity index (χ3v) is 4.56. The zero-order chi connectivity index (χ0) is 16.3. The third-order valence-electron chi connectivity index (χ3n) is 3.43. The number of aliphatic carboxylic acids is 1. The first-order chi connectivity index (χ1) is 9.67. The fraction of sp³-hybridized carbons (Fsp3) is 0.429. The summed E-state index contributed by atoms with van der Waals surface area (Å²) in [6, 6.07) is 5.55. The lowest BCUT2D eigenvalue weighted by molar-refractivity contribution is -0.154. The van der Waals surface area contributed by atoms with Crippen molar-refractivity contribution in [1.82, 2.24) is 4.90 Å². The molecule has 1 aromatic rings. The van der Waals surface area contributed by atoms with Crippen molar-refractivity contribution in [3.05, 3.63) is 29.8 Å². The molecule has 1 atom stereocenters. The van der Waals surface area contributed by atoms with Crippen molar-refractivity contribution in [2.75, 3.05) is 12.8 Å². The number of carboxylic acid groups (broad SMARTS) is 1. The summed E-state index contributed by atoms with van der Waals surface area (Å²) in [5, 5.41) is 9.52. The lowest BCUT2D eigenvalue weighted by Crippen LogP contribution is -2.49. The van der Waals surface area contributed by atoms with Crippen molar-refractivity contribution in [1.29, 1.82) is 0 Å². The van der Waals surface area contributed by atoms with E-state index in [0.717, 1.165) is 6.26 Å². The first-order valence-electron chi connectivity index (χ1n) is 6.44. The van der Waals surface area contributed by atoms with Crippen LogP contribution < -0.4 is 0 Å². The van der Waals surface area contributed by atoms with Gasteiger partial charge in [0.05, 0.1) is 4.90 Å². The normalized spacial score (nSPS) is 14.2. The number of nitrogens with zero attached hydrogens (tertiary/aromatic N) is 1. The zero-order valence-electron chi connectivity index (χ0n) is 12.2. The molecule has 0 saturated heterocycles. The monoisotopic (exact) mass is 313 g/mol. The van der Waals surface area contributed by atoms with Gasteiger partial charge in [0.1, 0.15) is 0 Å². The Hall–Kier alpha value is -1.89. The smallest absolute Gasteiger partial charge is 0.334 e. The van der Waals surface area contributed by atoms with Crippen LogP contribution in [0.25, 0.3) is 0 Å². The molecule has 0 spiro atoms. The number of hydrogen-bond acceptors (Lipinski definition) is 4. The molecule has 0 saturated carbocycles. The number of carbonyl (C=O) groups excluding carboxylic acids is 1. The van der Waals surface area contributed by atoms with Gasteiger partial charge in [0.15, 0.2) is 15.4 Å². The summed E-state index contributed by atoms with van der Waals surface area (Å²) in [7, 11) is -3.35. The van der Waals surface area contributed by atoms with Crippen molar-refractivity contribution >= 4 is 22.2 Å². The summed E-state index contributed by atoms with van der Waals surface area (Å²) in [6.45, 7) is 3.56. The van der Waals surface area contributed by atoms with Crippen molar-refractivity contribution < 1.29 is 23.1 Å². The molecule has 0 aliphatic heterocycles. The molecule has 1 N–H and O–H groups in total. The zero-order valence-corrected chi connectivity index (χ0v) is 13.1. The summed E-state index contributed by atoms with van der Waals surface area (Å²) in [6.07, 6.45) is 2.19. The Morgan fingerprint density at radius 1 is 1.33 bits per heavy atom. The Balaban J connectivity index is 3.35. The van der Waals surface area contributed by atoms with E-state index in [1.807, 2.05) is 6.92 Å². The number of hydrogen-bond donors (Lipinski definition) is 1. The maximum absolute atomic E-state index is 11.7. The molecule has 1 rings (SSSR count). The minimum Gasteiger partial charge on any atom is -0.479 e. The first-order valence-corrected chi connectivity index (χ1v) is 8.33. The maximum atomic E-state index is 11.7. The Morgan fingerprint density at radius 3 is 2.19 bits per heavy atom. The second kappa shape index (κ2) is 6.26. The van der Waals surface area contributed by atoms with E-state index >= 15 is 0 Å². The molecule has 0 aromatic heterocycles. The van der Waals surface area contributed by atoms with Gasteiger partial charge in [-0.3, -0.25) is 4.79 Å². The lowest BCUT2D eigenvalue weighted by atomic mass is 9.90. The minimum absolute atomic E-state index is 0.104. The van der Waals surface area contributed by atoms with E-state index in [0.29, 0.717) is 24.9 Å². The standard InChI is InChI=1S/C14H19NO5S/c1-4-9-15(10-16)14(2,13(17)18)11-5-7-12(8-6-11)21(3,19)20/h5-8,10H,4,9H2,1-3H3,(H,17,18). The van der Waals surface area contributed by atoms with Gasteiger partial charge < -0.3 is 10.0 Å². The molecule has 1 aromatic carbocycles. The molecule has 0 heterocycles. The van der Waals surface area contributed by atoms with Gasteiger partial charge >= 0.3 is 5.97 Å². The molecule has 6 nitrogen and oxygen atoms in total. The van der Waals surface area contributed by atoms with Crippen LogP contribution in [0, 0.1) is 0 Å². The van der Waals surface area contributed by atoms with Crippen LogP contribution >= 0.6 is 0 Å². The predicted molar refractivity (Wildman–Crippen MR) is 77.6 cm³/mol. The summed E-state index contributed by atoms with van der Waals surface area (Å²) >= 11 is 0. The Morgan fingerprint density at radius 2 is 1.86 bits per heavy atom. The van der Waals surface area contributed by atoms with Gasteiger partial charge in [-0.2, -0.15) is 0 Å². The second-order valence-corrected chi connectivity index (χ2v) is 6.99. The number of rotatable bonds is 7. The average Bonchev–Trinajstić information content (AvgIpc) is 2.43. The highest BCUT2D eigenvalue weighted by atomic mass is 32.2. The van der Waals surface area contributed by atoms with Gasteiger partial charge in [0.25, 0.3) is 0 Å². The predicted octanol–water partition coefficient (Wildman–Crippen LogP) is 1.26. The van der Waals surface area contributed by atoms with Gasteiger partial charge in [-0.05, 0) is 31.0 Å². The molecule has 0 aliphatic carbocycles. The molecular formula is C14H19NO5S. The molecule has 0 radical (unpaired) electrons. The fourth-order valence-electron chi connectivity index (χ4n) is 2.06. The van der Waals surface area contributed by atoms with Crippen molar-refractivity contribution in [2.24, 2.45) is 0 Å². The van der Waals surface area contributed by atoms with Crippen molar-refractivity contribution in [2.45, 2.75) is 30.7 Å². The molecule has 0 aliphatic rings. The highest BCUT2D eigenvalue weighted by Gasteiger charge is 2.40. The highest BCUT2D eigenvalue weighted by Crippen LogP contribution is 2.29. The molecule has 1 amide bonds. The van der Waals surface area contributed by atoms with Gasteiger partial charge in [-0.25, -0.2) is 13.2 Å². The van der Waals surface area contributed by atoms with E-state index in [9.17, 15) is 23.1 Å². The fourth-order valence-corrected chi connectivity index (χ4v) is 2.69. The van der Waals surface area contributed by atoms with E-state index in [1.54, 1.807) is 0 Å². The topological polar surface area (TPSA) is 91.8 Å². The van der Waals surface area contributed by atoms with Crippen molar-refractivity contribution in [3.63, 3.8) is 0 Å². The Bertz CT molecular complexity index is 623. The van der Waals surface area contributed by atoms with Crippen LogP contribution in [0.1, 0.15) is 25.8 Å². The van der Waals surface area contributed by atoms with Crippen LogP contribution in [-0.2, 0) is 25.0 Å². The van der Waals surface area contributed by atoms with Crippen LogP contribution in [0.2, 0.25) is 0 Å². The van der Waals surface area contributed by atoms with E-state index in [1.165, 1.54) is 36.1 Å². The number of amides is 1. The molecule has 0 fully saturated rings. The molecule has 116 valence electrons. The lowest BCUT2D eigenvalue weighted by Gasteiger charge is -2.35. The van der Waals surface area contributed by atoms with Gasteiger partial charge in [-0.1, -0.05) is 19.1 Å². The van der Waals surface area contributed by atoms with E-state index in [2.05, 4.69) is 0 Å².